The normalized spacial score (nSPS) is 20.4. The molecule has 15 heavy (non-hydrogen) atoms. The number of rotatable bonds is 2. The van der Waals surface area contributed by atoms with E-state index in [4.69, 9.17) is 10.7 Å². The molecule has 1 aromatic heterocycles. The number of hydrogen-bond acceptors (Lipinski definition) is 3. The van der Waals surface area contributed by atoms with E-state index in [2.05, 4.69) is 25.1 Å². The lowest BCUT2D eigenvalue weighted by molar-refractivity contribution is 0.554. The van der Waals surface area contributed by atoms with E-state index >= 15 is 0 Å². The van der Waals surface area contributed by atoms with Crippen LogP contribution in [0.4, 0.5) is 0 Å². The Kier molecular flexibility index (Phi) is 1.88. The second-order valence-electron chi connectivity index (χ2n) is 4.43. The van der Waals surface area contributed by atoms with Crippen LogP contribution in [0.1, 0.15) is 24.8 Å². The number of aromatic nitrogens is 1. The van der Waals surface area contributed by atoms with Gasteiger partial charge in [0.2, 0.25) is 0 Å². The minimum atomic E-state index is 0.198. The Bertz CT molecular complexity index is 464. The lowest BCUT2D eigenvalue weighted by Crippen LogP contribution is -2.31. The molecule has 1 heterocycles. The van der Waals surface area contributed by atoms with Crippen molar-refractivity contribution in [1.29, 1.82) is 0 Å². The van der Waals surface area contributed by atoms with Gasteiger partial charge in [0, 0.05) is 11.5 Å². The highest BCUT2D eigenvalue weighted by Crippen LogP contribution is 2.52. The van der Waals surface area contributed by atoms with Crippen LogP contribution in [0.15, 0.2) is 24.3 Å². The Balaban J connectivity index is 2.13. The van der Waals surface area contributed by atoms with Crippen molar-refractivity contribution in [2.45, 2.75) is 31.2 Å². The molecular formula is C12H14N2S. The van der Waals surface area contributed by atoms with Gasteiger partial charge in [0.25, 0.3) is 0 Å². The van der Waals surface area contributed by atoms with Crippen LogP contribution in [0.2, 0.25) is 0 Å². The molecule has 78 valence electrons. The molecule has 2 aromatic rings. The van der Waals surface area contributed by atoms with E-state index < -0.39 is 0 Å². The monoisotopic (exact) mass is 218 g/mol. The highest BCUT2D eigenvalue weighted by molar-refractivity contribution is 7.18. The molecule has 2 nitrogen and oxygen atoms in total. The average Bonchev–Trinajstić information content (AvgIpc) is 2.93. The third-order valence-corrected chi connectivity index (χ3v) is 4.64. The molecule has 1 aromatic carbocycles. The Hall–Kier alpha value is -0.930. The highest BCUT2D eigenvalue weighted by atomic mass is 32.1. The van der Waals surface area contributed by atoms with Crippen LogP contribution in [0.5, 0.6) is 0 Å². The Morgan fingerprint density at radius 2 is 2.13 bits per heavy atom. The molecule has 0 spiro atoms. The molecule has 3 rings (SSSR count). The number of benzene rings is 1. The van der Waals surface area contributed by atoms with E-state index in [1.165, 1.54) is 22.5 Å². The summed E-state index contributed by atoms with van der Waals surface area (Å²) in [5.74, 6) is 0. The van der Waals surface area contributed by atoms with Crippen LogP contribution >= 0.6 is 11.3 Å². The van der Waals surface area contributed by atoms with E-state index in [0.717, 1.165) is 5.52 Å². The number of hydrogen-bond donors (Lipinski definition) is 1. The molecular weight excluding hydrogens is 204 g/mol. The van der Waals surface area contributed by atoms with Gasteiger partial charge in [0.15, 0.2) is 0 Å². The fourth-order valence-corrected chi connectivity index (χ4v) is 3.39. The molecule has 0 radical (unpaired) electrons. The zero-order valence-electron chi connectivity index (χ0n) is 8.73. The van der Waals surface area contributed by atoms with Crippen molar-refractivity contribution in [1.82, 2.24) is 4.98 Å². The van der Waals surface area contributed by atoms with Gasteiger partial charge in [-0.3, -0.25) is 0 Å². The quantitative estimate of drug-likeness (QED) is 0.841. The van der Waals surface area contributed by atoms with Gasteiger partial charge < -0.3 is 5.73 Å². The number of para-hydroxylation sites is 1. The number of nitrogens with two attached hydrogens (primary N) is 1. The van der Waals surface area contributed by atoms with Crippen LogP contribution in [0, 0.1) is 0 Å². The Morgan fingerprint density at radius 1 is 1.40 bits per heavy atom. The van der Waals surface area contributed by atoms with Crippen molar-refractivity contribution >= 4 is 21.6 Å². The maximum Gasteiger partial charge on any atom is 0.102 e. The van der Waals surface area contributed by atoms with E-state index in [0.29, 0.717) is 0 Å². The average molecular weight is 218 g/mol. The predicted octanol–water partition coefficient (Wildman–Crippen LogP) is 2.68. The molecule has 1 aliphatic rings. The van der Waals surface area contributed by atoms with Gasteiger partial charge in [-0.15, -0.1) is 11.3 Å². The van der Waals surface area contributed by atoms with E-state index in [-0.39, 0.29) is 11.5 Å². The van der Waals surface area contributed by atoms with Gasteiger partial charge in [-0.2, -0.15) is 0 Å². The molecule has 2 N–H and O–H groups in total. The van der Waals surface area contributed by atoms with E-state index in [1.807, 2.05) is 6.07 Å². The number of fused-ring (bicyclic) bond motifs is 1. The molecule has 0 amide bonds. The van der Waals surface area contributed by atoms with Crippen LogP contribution in [0.25, 0.3) is 10.2 Å². The van der Waals surface area contributed by atoms with Gasteiger partial charge >= 0.3 is 0 Å². The molecule has 3 heteroatoms. The zero-order valence-corrected chi connectivity index (χ0v) is 9.55. The maximum atomic E-state index is 6.05. The minimum Gasteiger partial charge on any atom is -0.327 e. The summed E-state index contributed by atoms with van der Waals surface area (Å²) in [5.41, 5.74) is 7.37. The first-order valence-electron chi connectivity index (χ1n) is 5.34. The van der Waals surface area contributed by atoms with Crippen molar-refractivity contribution in [3.05, 3.63) is 29.3 Å². The van der Waals surface area contributed by atoms with Gasteiger partial charge in [0.1, 0.15) is 5.01 Å². The van der Waals surface area contributed by atoms with Gasteiger partial charge in [-0.25, -0.2) is 4.98 Å². The second kappa shape index (κ2) is 3.03. The van der Waals surface area contributed by atoms with Crippen LogP contribution in [-0.4, -0.2) is 11.0 Å². The van der Waals surface area contributed by atoms with Gasteiger partial charge in [0.05, 0.1) is 10.2 Å². The molecule has 1 unspecified atom stereocenters. The zero-order chi connectivity index (χ0) is 10.5. The summed E-state index contributed by atoms with van der Waals surface area (Å²) < 4.78 is 1.28. The molecule has 1 saturated carbocycles. The summed E-state index contributed by atoms with van der Waals surface area (Å²) in [7, 11) is 0. The SMILES string of the molecule is CC(N)C1(c2nc3ccccc3s2)CC1. The van der Waals surface area contributed by atoms with Crippen LogP contribution < -0.4 is 5.73 Å². The standard InChI is InChI=1S/C12H14N2S/c1-8(13)12(6-7-12)11-14-9-4-2-3-5-10(9)15-11/h2-5,8H,6-7,13H2,1H3. The first-order valence-corrected chi connectivity index (χ1v) is 6.16. The van der Waals surface area contributed by atoms with Crippen molar-refractivity contribution in [2.24, 2.45) is 5.73 Å². The fraction of sp³-hybridized carbons (Fsp3) is 0.417. The minimum absolute atomic E-state index is 0.198. The van der Waals surface area contributed by atoms with E-state index in [9.17, 15) is 0 Å². The summed E-state index contributed by atoms with van der Waals surface area (Å²) >= 11 is 1.80. The third kappa shape index (κ3) is 1.30. The van der Waals surface area contributed by atoms with Crippen molar-refractivity contribution in [3.63, 3.8) is 0 Å². The summed E-state index contributed by atoms with van der Waals surface area (Å²) in [6.07, 6.45) is 2.40. The summed E-state index contributed by atoms with van der Waals surface area (Å²) in [5, 5.41) is 1.23. The first kappa shape index (κ1) is 9.31. The molecule has 1 aliphatic carbocycles. The smallest absolute Gasteiger partial charge is 0.102 e. The van der Waals surface area contributed by atoms with Crippen molar-refractivity contribution < 1.29 is 0 Å². The van der Waals surface area contributed by atoms with Gasteiger partial charge in [-0.05, 0) is 31.9 Å². The summed E-state index contributed by atoms with van der Waals surface area (Å²) in [4.78, 5) is 4.71. The highest BCUT2D eigenvalue weighted by Gasteiger charge is 2.49. The number of thiazole rings is 1. The molecule has 0 saturated heterocycles. The Labute approximate surface area is 93.1 Å². The topological polar surface area (TPSA) is 38.9 Å². The lowest BCUT2D eigenvalue weighted by atomic mass is 10.00. The largest absolute Gasteiger partial charge is 0.327 e. The maximum absolute atomic E-state index is 6.05. The fourth-order valence-electron chi connectivity index (χ4n) is 2.08. The predicted molar refractivity (Wildman–Crippen MR) is 64.2 cm³/mol. The first-order chi connectivity index (χ1) is 7.22. The molecule has 0 bridgehead atoms. The third-order valence-electron chi connectivity index (χ3n) is 3.38. The molecule has 0 aliphatic heterocycles. The van der Waals surface area contributed by atoms with Crippen molar-refractivity contribution in [3.8, 4) is 0 Å². The van der Waals surface area contributed by atoms with Crippen LogP contribution in [-0.2, 0) is 5.41 Å². The second-order valence-corrected chi connectivity index (χ2v) is 5.46. The van der Waals surface area contributed by atoms with E-state index in [1.54, 1.807) is 11.3 Å². The summed E-state index contributed by atoms with van der Waals surface area (Å²) in [6, 6.07) is 8.53. The van der Waals surface area contributed by atoms with Crippen molar-refractivity contribution in [2.75, 3.05) is 0 Å². The van der Waals surface area contributed by atoms with Gasteiger partial charge in [-0.1, -0.05) is 12.1 Å². The Morgan fingerprint density at radius 3 is 2.73 bits per heavy atom. The molecule has 1 fully saturated rings. The molecule has 1 atom stereocenters. The number of nitrogens with zero attached hydrogens (tertiary/aromatic N) is 1. The lowest BCUT2D eigenvalue weighted by Gasteiger charge is -2.15. The summed E-state index contributed by atoms with van der Waals surface area (Å²) in [6.45, 7) is 2.10. The van der Waals surface area contributed by atoms with Crippen LogP contribution in [0.3, 0.4) is 0 Å².